The van der Waals surface area contributed by atoms with Crippen molar-refractivity contribution in [3.8, 4) is 5.75 Å². The van der Waals surface area contributed by atoms with E-state index in [1.54, 1.807) is 11.3 Å². The molecule has 0 aliphatic carbocycles. The Bertz CT molecular complexity index is 610. The first kappa shape index (κ1) is 13.1. The van der Waals surface area contributed by atoms with Crippen LogP contribution in [0.3, 0.4) is 0 Å². The smallest absolute Gasteiger partial charge is 0.255 e. The second kappa shape index (κ2) is 5.64. The van der Waals surface area contributed by atoms with Gasteiger partial charge in [0, 0.05) is 0 Å². The van der Waals surface area contributed by atoms with E-state index in [-0.39, 0.29) is 11.9 Å². The third-order valence-electron chi connectivity index (χ3n) is 3.39. The Morgan fingerprint density at radius 3 is 3.00 bits per heavy atom. The van der Waals surface area contributed by atoms with Gasteiger partial charge in [-0.1, -0.05) is 6.07 Å². The Hall–Kier alpha value is -1.85. The monoisotopic (exact) mass is 288 g/mol. The van der Waals surface area contributed by atoms with Crippen molar-refractivity contribution in [3.63, 3.8) is 0 Å². The summed E-state index contributed by atoms with van der Waals surface area (Å²) in [6.45, 7) is 1.06. The molecule has 0 saturated heterocycles. The summed E-state index contributed by atoms with van der Waals surface area (Å²) in [5.74, 6) is 0.587. The van der Waals surface area contributed by atoms with Gasteiger partial charge in [-0.3, -0.25) is 4.79 Å². The molecule has 2 N–H and O–H groups in total. The molecule has 1 aliphatic heterocycles. The highest BCUT2D eigenvalue weighted by molar-refractivity contribution is 7.08. The van der Waals surface area contributed by atoms with Crippen molar-refractivity contribution in [2.75, 3.05) is 20.2 Å². The van der Waals surface area contributed by atoms with Crippen LogP contribution in [0.2, 0.25) is 0 Å². The van der Waals surface area contributed by atoms with Gasteiger partial charge in [0.25, 0.3) is 5.91 Å². The molecule has 1 aromatic heterocycles. The Labute approximate surface area is 121 Å². The SMILES string of the molecule is CNC(c1ccsc1)c1ccc2c(c1)C(=O)NCCO2. The third-order valence-corrected chi connectivity index (χ3v) is 4.09. The van der Waals surface area contributed by atoms with Crippen LogP contribution in [-0.4, -0.2) is 26.1 Å². The molecule has 0 fully saturated rings. The van der Waals surface area contributed by atoms with Gasteiger partial charge in [0.1, 0.15) is 12.4 Å². The van der Waals surface area contributed by atoms with Crippen LogP contribution in [0.15, 0.2) is 35.0 Å². The normalized spacial score (nSPS) is 15.8. The molecule has 104 valence electrons. The second-order valence-electron chi connectivity index (χ2n) is 4.64. The molecular weight excluding hydrogens is 272 g/mol. The molecule has 1 amide bonds. The molecule has 5 heteroatoms. The van der Waals surface area contributed by atoms with Crippen LogP contribution in [0.4, 0.5) is 0 Å². The van der Waals surface area contributed by atoms with Crippen molar-refractivity contribution in [1.29, 1.82) is 0 Å². The van der Waals surface area contributed by atoms with Crippen LogP contribution < -0.4 is 15.4 Å². The van der Waals surface area contributed by atoms with Crippen LogP contribution >= 0.6 is 11.3 Å². The number of ether oxygens (including phenoxy) is 1. The lowest BCUT2D eigenvalue weighted by molar-refractivity contribution is 0.0957. The maximum atomic E-state index is 12.0. The number of thiophene rings is 1. The molecule has 1 unspecified atom stereocenters. The molecule has 20 heavy (non-hydrogen) atoms. The maximum Gasteiger partial charge on any atom is 0.255 e. The summed E-state index contributed by atoms with van der Waals surface area (Å²) in [6, 6.07) is 7.98. The molecule has 2 aromatic rings. The first-order valence-corrected chi connectivity index (χ1v) is 7.48. The first-order valence-electron chi connectivity index (χ1n) is 6.54. The van der Waals surface area contributed by atoms with Gasteiger partial charge in [-0.05, 0) is 47.1 Å². The molecule has 1 atom stereocenters. The zero-order chi connectivity index (χ0) is 13.9. The first-order chi connectivity index (χ1) is 9.79. The minimum absolute atomic E-state index is 0.0699. The van der Waals surface area contributed by atoms with Crippen molar-refractivity contribution in [1.82, 2.24) is 10.6 Å². The van der Waals surface area contributed by atoms with E-state index in [1.807, 2.05) is 25.2 Å². The quantitative estimate of drug-likeness (QED) is 0.910. The average Bonchev–Trinajstić information content (AvgIpc) is 2.92. The Morgan fingerprint density at radius 2 is 2.25 bits per heavy atom. The summed E-state index contributed by atoms with van der Waals surface area (Å²) >= 11 is 1.67. The van der Waals surface area contributed by atoms with Gasteiger partial charge < -0.3 is 15.4 Å². The zero-order valence-electron chi connectivity index (χ0n) is 11.2. The second-order valence-corrected chi connectivity index (χ2v) is 5.42. The largest absolute Gasteiger partial charge is 0.491 e. The number of carbonyl (C=O) groups is 1. The summed E-state index contributed by atoms with van der Waals surface area (Å²) in [5.41, 5.74) is 2.87. The topological polar surface area (TPSA) is 50.4 Å². The molecule has 1 aliphatic rings. The molecule has 2 heterocycles. The van der Waals surface area contributed by atoms with E-state index >= 15 is 0 Å². The molecule has 0 radical (unpaired) electrons. The van der Waals surface area contributed by atoms with E-state index in [2.05, 4.69) is 27.5 Å². The highest BCUT2D eigenvalue weighted by Gasteiger charge is 2.20. The molecule has 0 saturated carbocycles. The van der Waals surface area contributed by atoms with Crippen molar-refractivity contribution >= 4 is 17.2 Å². The van der Waals surface area contributed by atoms with Crippen LogP contribution in [0.1, 0.15) is 27.5 Å². The molecule has 0 spiro atoms. The average molecular weight is 288 g/mol. The Balaban J connectivity index is 2.00. The van der Waals surface area contributed by atoms with E-state index < -0.39 is 0 Å². The Kier molecular flexibility index (Phi) is 3.71. The third kappa shape index (κ3) is 2.42. The maximum absolute atomic E-state index is 12.0. The number of amides is 1. The van der Waals surface area contributed by atoms with Crippen molar-refractivity contribution in [3.05, 3.63) is 51.7 Å². The van der Waals surface area contributed by atoms with Crippen LogP contribution in [0.5, 0.6) is 5.75 Å². The predicted molar refractivity (Wildman–Crippen MR) is 79.5 cm³/mol. The highest BCUT2D eigenvalue weighted by atomic mass is 32.1. The van der Waals surface area contributed by atoms with Gasteiger partial charge in [-0.2, -0.15) is 11.3 Å². The van der Waals surface area contributed by atoms with E-state index in [0.717, 1.165) is 5.56 Å². The Morgan fingerprint density at radius 1 is 1.35 bits per heavy atom. The summed E-state index contributed by atoms with van der Waals surface area (Å²) < 4.78 is 5.58. The van der Waals surface area contributed by atoms with Gasteiger partial charge in [0.2, 0.25) is 0 Å². The van der Waals surface area contributed by atoms with Gasteiger partial charge in [-0.15, -0.1) is 0 Å². The highest BCUT2D eigenvalue weighted by Crippen LogP contribution is 2.29. The summed E-state index contributed by atoms with van der Waals surface area (Å²) in [4.78, 5) is 12.0. The van der Waals surface area contributed by atoms with E-state index in [4.69, 9.17) is 4.74 Å². The van der Waals surface area contributed by atoms with E-state index in [9.17, 15) is 4.79 Å². The lowest BCUT2D eigenvalue weighted by atomic mass is 9.98. The lowest BCUT2D eigenvalue weighted by Gasteiger charge is -2.17. The number of nitrogens with one attached hydrogen (secondary N) is 2. The standard InChI is InChI=1S/C15H16N2O2S/c1-16-14(11-4-7-20-9-11)10-2-3-13-12(8-10)15(18)17-5-6-19-13/h2-4,7-9,14,16H,5-6H2,1H3,(H,17,18). The number of hydrogen-bond acceptors (Lipinski definition) is 4. The fourth-order valence-electron chi connectivity index (χ4n) is 2.42. The van der Waals surface area contributed by atoms with Crippen LogP contribution in [0.25, 0.3) is 0 Å². The van der Waals surface area contributed by atoms with Crippen molar-refractivity contribution < 1.29 is 9.53 Å². The molecule has 3 rings (SSSR count). The summed E-state index contributed by atoms with van der Waals surface area (Å²) in [6.07, 6.45) is 0. The fraction of sp³-hybridized carbons (Fsp3) is 0.267. The molecule has 0 bridgehead atoms. The minimum Gasteiger partial charge on any atom is -0.491 e. The minimum atomic E-state index is -0.0699. The number of hydrogen-bond donors (Lipinski definition) is 2. The molecular formula is C15H16N2O2S. The van der Waals surface area contributed by atoms with Crippen molar-refractivity contribution in [2.45, 2.75) is 6.04 Å². The summed E-state index contributed by atoms with van der Waals surface area (Å²) in [5, 5.41) is 10.3. The molecule has 4 nitrogen and oxygen atoms in total. The van der Waals surface area contributed by atoms with Gasteiger partial charge in [0.05, 0.1) is 18.2 Å². The van der Waals surface area contributed by atoms with Gasteiger partial charge in [-0.25, -0.2) is 0 Å². The number of fused-ring (bicyclic) bond motifs is 1. The fourth-order valence-corrected chi connectivity index (χ4v) is 3.10. The van der Waals surface area contributed by atoms with Gasteiger partial charge >= 0.3 is 0 Å². The predicted octanol–water partition coefficient (Wildman–Crippen LogP) is 2.18. The molecule has 1 aromatic carbocycles. The van der Waals surface area contributed by atoms with E-state index in [0.29, 0.717) is 24.5 Å². The van der Waals surface area contributed by atoms with E-state index in [1.165, 1.54) is 5.56 Å². The van der Waals surface area contributed by atoms with Crippen molar-refractivity contribution in [2.24, 2.45) is 0 Å². The number of rotatable bonds is 3. The number of carbonyl (C=O) groups excluding carboxylic acids is 1. The zero-order valence-corrected chi connectivity index (χ0v) is 12.0. The lowest BCUT2D eigenvalue weighted by Crippen LogP contribution is -2.24. The number of benzene rings is 1. The van der Waals surface area contributed by atoms with Gasteiger partial charge in [0.15, 0.2) is 0 Å². The van der Waals surface area contributed by atoms with Crippen LogP contribution in [0, 0.1) is 0 Å². The summed E-state index contributed by atoms with van der Waals surface area (Å²) in [7, 11) is 1.92. The van der Waals surface area contributed by atoms with Crippen LogP contribution in [-0.2, 0) is 0 Å².